The lowest BCUT2D eigenvalue weighted by atomic mass is 10.2. The molecule has 1 aromatic heterocycles. The third-order valence-corrected chi connectivity index (χ3v) is 4.99. The average Bonchev–Trinajstić information content (AvgIpc) is 2.87. The minimum absolute atomic E-state index is 0.0188. The van der Waals surface area contributed by atoms with Crippen LogP contribution in [-0.2, 0) is 17.1 Å². The van der Waals surface area contributed by atoms with Gasteiger partial charge in [0.05, 0.1) is 16.6 Å². The molecule has 2 N–H and O–H groups in total. The Kier molecular flexibility index (Phi) is 4.34. The Hall–Kier alpha value is -1.86. The predicted molar refractivity (Wildman–Crippen MR) is 82.7 cm³/mol. The summed E-state index contributed by atoms with van der Waals surface area (Å²) in [6.45, 7) is 3.78. The molecule has 1 atom stereocenters. The van der Waals surface area contributed by atoms with Crippen molar-refractivity contribution in [2.24, 2.45) is 7.05 Å². The SMILES string of the molecule is CNS(=O)(=O)c1cc(NC(C)c2ccnn2C)ccc1C. The van der Waals surface area contributed by atoms with E-state index in [4.69, 9.17) is 0 Å². The molecular formula is C14H20N4O2S. The van der Waals surface area contributed by atoms with Crippen molar-refractivity contribution >= 4 is 15.7 Å². The number of hydrogen-bond acceptors (Lipinski definition) is 4. The van der Waals surface area contributed by atoms with Crippen LogP contribution in [0.3, 0.4) is 0 Å². The second-order valence-electron chi connectivity index (χ2n) is 4.93. The molecule has 1 unspecified atom stereocenters. The Labute approximate surface area is 125 Å². The summed E-state index contributed by atoms with van der Waals surface area (Å²) in [6, 6.07) is 7.26. The molecule has 2 aromatic rings. The Morgan fingerprint density at radius 3 is 2.57 bits per heavy atom. The van der Waals surface area contributed by atoms with Gasteiger partial charge >= 0.3 is 0 Å². The molecule has 1 aromatic carbocycles. The average molecular weight is 308 g/mol. The molecule has 0 spiro atoms. The monoisotopic (exact) mass is 308 g/mol. The van der Waals surface area contributed by atoms with E-state index in [0.717, 1.165) is 11.4 Å². The molecule has 7 heteroatoms. The normalized spacial score (nSPS) is 13.1. The van der Waals surface area contributed by atoms with Crippen LogP contribution in [0.1, 0.15) is 24.2 Å². The van der Waals surface area contributed by atoms with Gasteiger partial charge in [-0.2, -0.15) is 5.10 Å². The van der Waals surface area contributed by atoms with Gasteiger partial charge in [-0.15, -0.1) is 0 Å². The van der Waals surface area contributed by atoms with E-state index in [2.05, 4.69) is 15.1 Å². The molecule has 0 amide bonds. The highest BCUT2D eigenvalue weighted by Crippen LogP contribution is 2.23. The molecule has 0 radical (unpaired) electrons. The second kappa shape index (κ2) is 5.87. The number of aromatic nitrogens is 2. The molecule has 0 saturated carbocycles. The van der Waals surface area contributed by atoms with Crippen LogP contribution in [0.25, 0.3) is 0 Å². The largest absolute Gasteiger partial charge is 0.377 e. The quantitative estimate of drug-likeness (QED) is 0.883. The first-order valence-corrected chi connectivity index (χ1v) is 8.12. The zero-order valence-electron chi connectivity index (χ0n) is 12.6. The number of nitrogens with zero attached hydrogens (tertiary/aromatic N) is 2. The Balaban J connectivity index is 2.30. The van der Waals surface area contributed by atoms with Crippen LogP contribution in [0.2, 0.25) is 0 Å². The molecule has 0 aliphatic rings. The number of hydrogen-bond donors (Lipinski definition) is 2. The van der Waals surface area contributed by atoms with Crippen LogP contribution < -0.4 is 10.0 Å². The highest BCUT2D eigenvalue weighted by molar-refractivity contribution is 7.89. The third-order valence-electron chi connectivity index (χ3n) is 3.43. The predicted octanol–water partition coefficient (Wildman–Crippen LogP) is 1.81. The lowest BCUT2D eigenvalue weighted by molar-refractivity contribution is 0.587. The molecule has 114 valence electrons. The Morgan fingerprint density at radius 2 is 2.00 bits per heavy atom. The van der Waals surface area contributed by atoms with Crippen molar-refractivity contribution in [3.8, 4) is 0 Å². The Morgan fingerprint density at radius 1 is 1.29 bits per heavy atom. The van der Waals surface area contributed by atoms with E-state index >= 15 is 0 Å². The summed E-state index contributed by atoms with van der Waals surface area (Å²) in [5.41, 5.74) is 2.49. The molecule has 2 rings (SSSR count). The van der Waals surface area contributed by atoms with Crippen molar-refractivity contribution in [1.82, 2.24) is 14.5 Å². The van der Waals surface area contributed by atoms with Gasteiger partial charge in [0.2, 0.25) is 10.0 Å². The highest BCUT2D eigenvalue weighted by Gasteiger charge is 2.16. The molecule has 0 aliphatic carbocycles. The topological polar surface area (TPSA) is 76.0 Å². The summed E-state index contributed by atoms with van der Waals surface area (Å²) in [5, 5.41) is 7.43. The number of aryl methyl sites for hydroxylation is 2. The zero-order chi connectivity index (χ0) is 15.6. The summed E-state index contributed by atoms with van der Waals surface area (Å²) >= 11 is 0. The highest BCUT2D eigenvalue weighted by atomic mass is 32.2. The summed E-state index contributed by atoms with van der Waals surface area (Å²) in [6.07, 6.45) is 1.74. The van der Waals surface area contributed by atoms with Gasteiger partial charge in [-0.05, 0) is 44.7 Å². The van der Waals surface area contributed by atoms with Crippen LogP contribution in [0.4, 0.5) is 5.69 Å². The van der Waals surface area contributed by atoms with Crippen LogP contribution in [-0.4, -0.2) is 25.2 Å². The third kappa shape index (κ3) is 3.25. The fourth-order valence-corrected chi connectivity index (χ4v) is 3.22. The number of nitrogens with one attached hydrogen (secondary N) is 2. The van der Waals surface area contributed by atoms with Gasteiger partial charge in [-0.3, -0.25) is 4.68 Å². The van der Waals surface area contributed by atoms with E-state index < -0.39 is 10.0 Å². The van der Waals surface area contributed by atoms with Gasteiger partial charge in [-0.1, -0.05) is 6.07 Å². The van der Waals surface area contributed by atoms with Gasteiger partial charge in [0, 0.05) is 18.9 Å². The number of rotatable bonds is 5. The van der Waals surface area contributed by atoms with Crippen molar-refractivity contribution in [3.63, 3.8) is 0 Å². The van der Waals surface area contributed by atoms with Gasteiger partial charge in [0.15, 0.2) is 0 Å². The molecule has 0 bridgehead atoms. The van der Waals surface area contributed by atoms with Crippen molar-refractivity contribution in [1.29, 1.82) is 0 Å². The molecule has 0 saturated heterocycles. The van der Waals surface area contributed by atoms with Gasteiger partial charge in [-0.25, -0.2) is 13.1 Å². The van der Waals surface area contributed by atoms with Gasteiger partial charge < -0.3 is 5.32 Å². The van der Waals surface area contributed by atoms with Crippen LogP contribution in [0, 0.1) is 6.92 Å². The van der Waals surface area contributed by atoms with Gasteiger partial charge in [0.1, 0.15) is 0 Å². The molecular weight excluding hydrogens is 288 g/mol. The zero-order valence-corrected chi connectivity index (χ0v) is 13.4. The van der Waals surface area contributed by atoms with Crippen LogP contribution in [0.5, 0.6) is 0 Å². The minimum Gasteiger partial charge on any atom is -0.377 e. The fraction of sp³-hybridized carbons (Fsp3) is 0.357. The maximum absolute atomic E-state index is 12.0. The van der Waals surface area contributed by atoms with E-state index in [1.54, 1.807) is 29.9 Å². The maximum atomic E-state index is 12.0. The first-order chi connectivity index (χ1) is 9.85. The summed E-state index contributed by atoms with van der Waals surface area (Å²) in [7, 11) is -0.172. The van der Waals surface area contributed by atoms with E-state index in [-0.39, 0.29) is 10.9 Å². The first kappa shape index (κ1) is 15.5. The van der Waals surface area contributed by atoms with E-state index in [9.17, 15) is 8.42 Å². The van der Waals surface area contributed by atoms with Gasteiger partial charge in [0.25, 0.3) is 0 Å². The van der Waals surface area contributed by atoms with Crippen molar-refractivity contribution < 1.29 is 8.42 Å². The summed E-state index contributed by atoms with van der Waals surface area (Å²) < 4.78 is 28.1. The Bertz CT molecular complexity index is 737. The first-order valence-electron chi connectivity index (χ1n) is 6.64. The fourth-order valence-electron chi connectivity index (χ4n) is 2.22. The summed E-state index contributed by atoms with van der Waals surface area (Å²) in [4.78, 5) is 0.284. The number of sulfonamides is 1. The maximum Gasteiger partial charge on any atom is 0.240 e. The smallest absolute Gasteiger partial charge is 0.240 e. The molecule has 1 heterocycles. The molecule has 0 fully saturated rings. The molecule has 0 aliphatic heterocycles. The number of anilines is 1. The lowest BCUT2D eigenvalue weighted by Gasteiger charge is -2.17. The van der Waals surface area contributed by atoms with Crippen molar-refractivity contribution in [2.45, 2.75) is 24.8 Å². The second-order valence-corrected chi connectivity index (χ2v) is 6.79. The van der Waals surface area contributed by atoms with E-state index in [1.165, 1.54) is 7.05 Å². The van der Waals surface area contributed by atoms with E-state index in [0.29, 0.717) is 5.56 Å². The number of benzene rings is 1. The summed E-state index contributed by atoms with van der Waals surface area (Å²) in [5.74, 6) is 0. The van der Waals surface area contributed by atoms with Crippen molar-refractivity contribution in [2.75, 3.05) is 12.4 Å². The minimum atomic E-state index is -3.46. The molecule has 6 nitrogen and oxygen atoms in total. The lowest BCUT2D eigenvalue weighted by Crippen LogP contribution is -2.20. The van der Waals surface area contributed by atoms with Crippen LogP contribution >= 0.6 is 0 Å². The molecule has 21 heavy (non-hydrogen) atoms. The van der Waals surface area contributed by atoms with Crippen molar-refractivity contribution in [3.05, 3.63) is 41.7 Å². The van der Waals surface area contributed by atoms with E-state index in [1.807, 2.05) is 26.1 Å². The van der Waals surface area contributed by atoms with Crippen LogP contribution in [0.15, 0.2) is 35.4 Å². The standard InChI is InChI=1S/C14H20N4O2S/c1-10-5-6-12(9-14(10)21(19,20)15-3)17-11(2)13-7-8-16-18(13)4/h5-9,11,15,17H,1-4H3.